The standard InChI is InChI=1S/C13H25N3O/c1-11(2)15-6-8-16(9-7-15)13(17)12-4-3-5-14-10-12/h11-12,14H,3-10H2,1-2H3. The van der Waals surface area contributed by atoms with Crippen LogP contribution in [0.3, 0.4) is 0 Å². The summed E-state index contributed by atoms with van der Waals surface area (Å²) >= 11 is 0. The van der Waals surface area contributed by atoms with Gasteiger partial charge in [0.05, 0.1) is 5.92 Å². The van der Waals surface area contributed by atoms with Crippen molar-refractivity contribution >= 4 is 5.91 Å². The molecule has 98 valence electrons. The van der Waals surface area contributed by atoms with Crippen molar-refractivity contribution in [1.29, 1.82) is 0 Å². The molecule has 4 nitrogen and oxygen atoms in total. The molecule has 0 aliphatic carbocycles. The summed E-state index contributed by atoms with van der Waals surface area (Å²) in [6.45, 7) is 10.3. The van der Waals surface area contributed by atoms with Crippen LogP contribution in [-0.4, -0.2) is 61.0 Å². The van der Waals surface area contributed by atoms with Crippen LogP contribution in [0.2, 0.25) is 0 Å². The van der Waals surface area contributed by atoms with Crippen LogP contribution in [-0.2, 0) is 4.79 Å². The predicted octanol–water partition coefficient (Wildman–Crippen LogP) is 0.539. The zero-order valence-electron chi connectivity index (χ0n) is 11.1. The second-order valence-corrected chi connectivity index (χ2v) is 5.50. The highest BCUT2D eigenvalue weighted by Gasteiger charge is 2.28. The zero-order chi connectivity index (χ0) is 12.3. The minimum Gasteiger partial charge on any atom is -0.340 e. The second kappa shape index (κ2) is 5.83. The van der Waals surface area contributed by atoms with Crippen LogP contribution in [0.25, 0.3) is 0 Å². The highest BCUT2D eigenvalue weighted by molar-refractivity contribution is 5.79. The molecule has 1 amide bonds. The van der Waals surface area contributed by atoms with Crippen molar-refractivity contribution in [3.05, 3.63) is 0 Å². The normalized spacial score (nSPS) is 27.5. The Morgan fingerprint density at radius 1 is 1.24 bits per heavy atom. The van der Waals surface area contributed by atoms with Gasteiger partial charge in [-0.2, -0.15) is 0 Å². The van der Waals surface area contributed by atoms with Crippen LogP contribution in [0, 0.1) is 5.92 Å². The third kappa shape index (κ3) is 3.19. The van der Waals surface area contributed by atoms with E-state index in [1.807, 2.05) is 0 Å². The molecule has 0 aromatic rings. The molecular weight excluding hydrogens is 214 g/mol. The van der Waals surface area contributed by atoms with E-state index in [0.717, 1.165) is 52.1 Å². The Kier molecular flexibility index (Phi) is 4.40. The fourth-order valence-corrected chi connectivity index (χ4v) is 2.78. The molecule has 17 heavy (non-hydrogen) atoms. The molecule has 0 spiro atoms. The van der Waals surface area contributed by atoms with Crippen molar-refractivity contribution in [3.63, 3.8) is 0 Å². The summed E-state index contributed by atoms with van der Waals surface area (Å²) in [6.07, 6.45) is 2.21. The molecular formula is C13H25N3O. The Labute approximate surface area is 104 Å². The first-order valence-corrected chi connectivity index (χ1v) is 6.92. The molecule has 2 aliphatic rings. The first-order chi connectivity index (χ1) is 8.18. The fourth-order valence-electron chi connectivity index (χ4n) is 2.78. The Morgan fingerprint density at radius 3 is 2.47 bits per heavy atom. The first kappa shape index (κ1) is 12.8. The molecule has 4 heteroatoms. The van der Waals surface area contributed by atoms with Crippen molar-refractivity contribution in [1.82, 2.24) is 15.1 Å². The van der Waals surface area contributed by atoms with Crippen molar-refractivity contribution in [2.45, 2.75) is 32.7 Å². The summed E-state index contributed by atoms with van der Waals surface area (Å²) in [5.41, 5.74) is 0. The highest BCUT2D eigenvalue weighted by atomic mass is 16.2. The number of rotatable bonds is 2. The lowest BCUT2D eigenvalue weighted by molar-refractivity contribution is -0.138. The monoisotopic (exact) mass is 239 g/mol. The van der Waals surface area contributed by atoms with Crippen molar-refractivity contribution in [2.24, 2.45) is 5.92 Å². The van der Waals surface area contributed by atoms with Crippen LogP contribution >= 0.6 is 0 Å². The summed E-state index contributed by atoms with van der Waals surface area (Å²) in [4.78, 5) is 16.8. The fraction of sp³-hybridized carbons (Fsp3) is 0.923. The van der Waals surface area contributed by atoms with E-state index >= 15 is 0 Å². The Morgan fingerprint density at radius 2 is 1.94 bits per heavy atom. The van der Waals surface area contributed by atoms with Gasteiger partial charge in [-0.3, -0.25) is 9.69 Å². The predicted molar refractivity (Wildman–Crippen MR) is 68.9 cm³/mol. The van der Waals surface area contributed by atoms with Gasteiger partial charge in [-0.25, -0.2) is 0 Å². The largest absolute Gasteiger partial charge is 0.340 e. The van der Waals surface area contributed by atoms with Gasteiger partial charge in [-0.05, 0) is 33.2 Å². The van der Waals surface area contributed by atoms with E-state index in [1.54, 1.807) is 0 Å². The lowest BCUT2D eigenvalue weighted by Crippen LogP contribution is -2.53. The van der Waals surface area contributed by atoms with Crippen molar-refractivity contribution < 1.29 is 4.79 Å². The molecule has 1 N–H and O–H groups in total. The number of hydrogen-bond acceptors (Lipinski definition) is 3. The van der Waals surface area contributed by atoms with Gasteiger partial charge in [0.15, 0.2) is 0 Å². The quantitative estimate of drug-likeness (QED) is 0.764. The molecule has 0 saturated carbocycles. The van der Waals surface area contributed by atoms with E-state index in [0.29, 0.717) is 11.9 Å². The van der Waals surface area contributed by atoms with E-state index < -0.39 is 0 Å². The minimum absolute atomic E-state index is 0.231. The molecule has 1 atom stereocenters. The van der Waals surface area contributed by atoms with Crippen LogP contribution in [0.5, 0.6) is 0 Å². The average Bonchev–Trinajstić information content (AvgIpc) is 2.39. The average molecular weight is 239 g/mol. The van der Waals surface area contributed by atoms with Gasteiger partial charge >= 0.3 is 0 Å². The molecule has 2 heterocycles. The van der Waals surface area contributed by atoms with Crippen molar-refractivity contribution in [3.8, 4) is 0 Å². The second-order valence-electron chi connectivity index (χ2n) is 5.50. The van der Waals surface area contributed by atoms with Crippen LogP contribution in [0.1, 0.15) is 26.7 Å². The molecule has 2 rings (SSSR count). The van der Waals surface area contributed by atoms with E-state index in [-0.39, 0.29) is 5.92 Å². The van der Waals surface area contributed by atoms with Gasteiger partial charge < -0.3 is 10.2 Å². The number of piperidine rings is 1. The van der Waals surface area contributed by atoms with E-state index in [2.05, 4.69) is 29.0 Å². The zero-order valence-corrected chi connectivity index (χ0v) is 11.1. The van der Waals surface area contributed by atoms with Crippen LogP contribution in [0.4, 0.5) is 0 Å². The topological polar surface area (TPSA) is 35.6 Å². The number of piperazine rings is 1. The summed E-state index contributed by atoms with van der Waals surface area (Å²) in [7, 11) is 0. The summed E-state index contributed by atoms with van der Waals surface area (Å²) in [6, 6.07) is 0.601. The maximum absolute atomic E-state index is 12.3. The maximum atomic E-state index is 12.3. The molecule has 0 radical (unpaired) electrons. The molecule has 0 bridgehead atoms. The maximum Gasteiger partial charge on any atom is 0.227 e. The lowest BCUT2D eigenvalue weighted by atomic mass is 9.98. The summed E-state index contributed by atoms with van der Waals surface area (Å²) in [5.74, 6) is 0.606. The van der Waals surface area contributed by atoms with Gasteiger partial charge in [-0.15, -0.1) is 0 Å². The number of carbonyl (C=O) groups excluding carboxylic acids is 1. The molecule has 2 saturated heterocycles. The first-order valence-electron chi connectivity index (χ1n) is 6.92. The van der Waals surface area contributed by atoms with Gasteiger partial charge in [0.25, 0.3) is 0 Å². The van der Waals surface area contributed by atoms with Crippen LogP contribution < -0.4 is 5.32 Å². The molecule has 2 fully saturated rings. The number of carbonyl (C=O) groups is 1. The van der Waals surface area contributed by atoms with E-state index in [9.17, 15) is 4.79 Å². The van der Waals surface area contributed by atoms with E-state index in [1.165, 1.54) is 0 Å². The number of amides is 1. The smallest absolute Gasteiger partial charge is 0.227 e. The summed E-state index contributed by atoms with van der Waals surface area (Å²) in [5, 5.41) is 3.32. The highest BCUT2D eigenvalue weighted by Crippen LogP contribution is 2.15. The lowest BCUT2D eigenvalue weighted by Gasteiger charge is -2.38. The molecule has 1 unspecified atom stereocenters. The SMILES string of the molecule is CC(C)N1CCN(C(=O)C2CCCNC2)CC1. The van der Waals surface area contributed by atoms with Gasteiger partial charge in [0.2, 0.25) is 5.91 Å². The molecule has 0 aromatic carbocycles. The Hall–Kier alpha value is -0.610. The van der Waals surface area contributed by atoms with Gasteiger partial charge in [0.1, 0.15) is 0 Å². The Bertz CT molecular complexity index is 253. The number of nitrogens with one attached hydrogen (secondary N) is 1. The van der Waals surface area contributed by atoms with E-state index in [4.69, 9.17) is 0 Å². The molecule has 2 aliphatic heterocycles. The Balaban J connectivity index is 1.81. The van der Waals surface area contributed by atoms with Crippen LogP contribution in [0.15, 0.2) is 0 Å². The third-order valence-electron chi connectivity index (χ3n) is 4.00. The number of hydrogen-bond donors (Lipinski definition) is 1. The van der Waals surface area contributed by atoms with Gasteiger partial charge in [-0.1, -0.05) is 0 Å². The minimum atomic E-state index is 0.231. The third-order valence-corrected chi connectivity index (χ3v) is 4.00. The number of nitrogens with zero attached hydrogens (tertiary/aromatic N) is 2. The molecule has 0 aromatic heterocycles. The van der Waals surface area contributed by atoms with Gasteiger partial charge in [0, 0.05) is 38.8 Å². The summed E-state index contributed by atoms with van der Waals surface area (Å²) < 4.78 is 0. The van der Waals surface area contributed by atoms with Crippen molar-refractivity contribution in [2.75, 3.05) is 39.3 Å².